The number of carbonyl (C=O) groups excluding carboxylic acids is 2. The van der Waals surface area contributed by atoms with Gasteiger partial charge in [-0.2, -0.15) is 0 Å². The number of carbonyl (C=O) groups is 3. The van der Waals surface area contributed by atoms with Gasteiger partial charge < -0.3 is 28.5 Å². The van der Waals surface area contributed by atoms with E-state index in [0.29, 0.717) is 17.4 Å². The summed E-state index contributed by atoms with van der Waals surface area (Å²) < 4.78 is 23.0. The lowest BCUT2D eigenvalue weighted by atomic mass is 10.0. The van der Waals surface area contributed by atoms with Crippen LogP contribution in [0.25, 0.3) is 0 Å². The zero-order valence-electron chi connectivity index (χ0n) is 51.7. The summed E-state index contributed by atoms with van der Waals surface area (Å²) in [6, 6.07) is 0. The summed E-state index contributed by atoms with van der Waals surface area (Å²) in [7, 11) is 5.99. The Morgan fingerprint density at radius 1 is 0.342 bits per heavy atom. The lowest BCUT2D eigenvalue weighted by Crippen LogP contribution is -2.40. The fourth-order valence-corrected chi connectivity index (χ4v) is 10.4. The Balaban J connectivity index is 3.99. The van der Waals surface area contributed by atoms with E-state index in [1.165, 1.54) is 289 Å². The number of likely N-dealkylation sites (N-methyl/N-ethyl adjacent to an activating group) is 1. The van der Waals surface area contributed by atoms with Crippen LogP contribution in [0, 0.1) is 0 Å². The Labute approximate surface area is 473 Å². The van der Waals surface area contributed by atoms with Crippen molar-refractivity contribution in [3.8, 4) is 0 Å². The normalized spacial score (nSPS) is 12.6. The van der Waals surface area contributed by atoms with Crippen LogP contribution in [-0.2, 0) is 33.3 Å². The number of nitrogens with zero attached hydrogens (tertiary/aromatic N) is 1. The van der Waals surface area contributed by atoms with Crippen LogP contribution < -0.4 is 0 Å². The highest BCUT2D eigenvalue weighted by Gasteiger charge is 2.25. The van der Waals surface area contributed by atoms with Crippen LogP contribution in [0.1, 0.15) is 354 Å². The molecule has 0 amide bonds. The molecular weight excluding hydrogens is 947 g/mol. The van der Waals surface area contributed by atoms with Gasteiger partial charge >= 0.3 is 17.9 Å². The fourth-order valence-electron chi connectivity index (χ4n) is 10.4. The average molecular weight is 1080 g/mol. The first-order valence-electron chi connectivity index (χ1n) is 33.7. The molecule has 9 heteroatoms. The third-order valence-electron chi connectivity index (χ3n) is 15.6. The molecule has 2 atom stereocenters. The van der Waals surface area contributed by atoms with Crippen LogP contribution >= 0.6 is 0 Å². The fraction of sp³-hybridized carbons (Fsp3) is 0.955. The number of rotatable bonds is 64. The minimum atomic E-state index is -1.50. The first kappa shape index (κ1) is 74.3. The molecule has 1 N–H and O–H groups in total. The summed E-state index contributed by atoms with van der Waals surface area (Å²) in [6.07, 6.45) is 66.5. The maximum absolute atomic E-state index is 12.9. The molecule has 0 aromatic rings. The SMILES string of the molecule is CCCCCCCCCCCCCCCCCCCCCCCCCCCCCCCCCCCCC(=O)OC(COC(=O)CCCCCCCCCCCCCCCCCCC)COC(OCC[N+](C)(C)C)C(=O)O. The third-order valence-corrected chi connectivity index (χ3v) is 15.6. The number of unbranched alkanes of at least 4 members (excludes halogenated alkanes) is 49. The quantitative estimate of drug-likeness (QED) is 0.0278. The van der Waals surface area contributed by atoms with Gasteiger partial charge in [-0.1, -0.05) is 328 Å². The van der Waals surface area contributed by atoms with E-state index in [9.17, 15) is 19.5 Å². The monoisotopic (exact) mass is 1080 g/mol. The maximum atomic E-state index is 12.9. The molecule has 0 saturated carbocycles. The van der Waals surface area contributed by atoms with Crippen molar-refractivity contribution < 1.29 is 42.9 Å². The van der Waals surface area contributed by atoms with Crippen molar-refractivity contribution in [2.45, 2.75) is 367 Å². The number of quaternary nitrogens is 1. The Bertz CT molecular complexity index is 1210. The van der Waals surface area contributed by atoms with Crippen molar-refractivity contribution in [3.05, 3.63) is 0 Å². The van der Waals surface area contributed by atoms with E-state index in [0.717, 1.165) is 38.5 Å². The van der Waals surface area contributed by atoms with Crippen molar-refractivity contribution in [1.82, 2.24) is 0 Å². The number of carboxylic acid groups (broad SMARTS) is 1. The standard InChI is InChI=1S/C67H131NO8/c1-6-8-10-12-14-16-18-20-22-24-25-26-27-28-29-30-31-32-33-34-35-36-37-38-39-40-42-44-46-48-50-52-54-56-58-65(70)76-63(62-75-67(66(71)72)73-60-59-68(3,4)5)61-74-64(69)57-55-53-51-49-47-45-43-41-23-21-19-17-15-13-11-9-7-2/h63,67H,6-62H2,1-5H3/p+1. The third kappa shape index (κ3) is 59.9. The minimum absolute atomic E-state index is 0.172. The molecule has 0 radical (unpaired) electrons. The van der Waals surface area contributed by atoms with E-state index in [4.69, 9.17) is 18.9 Å². The second kappa shape index (κ2) is 59.4. The van der Waals surface area contributed by atoms with Crippen LogP contribution in [0.4, 0.5) is 0 Å². The van der Waals surface area contributed by atoms with Crippen LogP contribution in [0.3, 0.4) is 0 Å². The first-order chi connectivity index (χ1) is 37.1. The number of ether oxygens (including phenoxy) is 4. The number of carboxylic acids is 1. The largest absolute Gasteiger partial charge is 0.477 e. The molecule has 0 spiro atoms. The molecule has 0 aliphatic heterocycles. The van der Waals surface area contributed by atoms with E-state index in [1.807, 2.05) is 21.1 Å². The van der Waals surface area contributed by atoms with E-state index in [2.05, 4.69) is 13.8 Å². The molecule has 452 valence electrons. The van der Waals surface area contributed by atoms with Crippen LogP contribution in [-0.4, -0.2) is 87.4 Å². The van der Waals surface area contributed by atoms with Crippen molar-refractivity contribution >= 4 is 17.9 Å². The highest BCUT2D eigenvalue weighted by molar-refractivity contribution is 5.71. The van der Waals surface area contributed by atoms with Gasteiger partial charge in [-0.3, -0.25) is 9.59 Å². The number of esters is 2. The molecule has 0 aliphatic rings. The van der Waals surface area contributed by atoms with E-state index < -0.39 is 18.4 Å². The van der Waals surface area contributed by atoms with Crippen molar-refractivity contribution in [2.75, 3.05) is 47.5 Å². The predicted octanol–water partition coefficient (Wildman–Crippen LogP) is 20.3. The predicted molar refractivity (Wildman–Crippen MR) is 323 cm³/mol. The van der Waals surface area contributed by atoms with Crippen molar-refractivity contribution in [2.24, 2.45) is 0 Å². The molecule has 0 rings (SSSR count). The highest BCUT2D eigenvalue weighted by Crippen LogP contribution is 2.19. The van der Waals surface area contributed by atoms with E-state index in [-0.39, 0.29) is 38.2 Å². The molecule has 0 heterocycles. The second-order valence-electron chi connectivity index (χ2n) is 24.5. The number of aliphatic carboxylic acids is 1. The molecular formula is C67H132NO8+. The van der Waals surface area contributed by atoms with Gasteiger partial charge in [0.2, 0.25) is 0 Å². The van der Waals surface area contributed by atoms with Gasteiger partial charge in [-0.05, 0) is 12.8 Å². The van der Waals surface area contributed by atoms with E-state index >= 15 is 0 Å². The van der Waals surface area contributed by atoms with Gasteiger partial charge in [0.25, 0.3) is 6.29 Å². The van der Waals surface area contributed by atoms with Gasteiger partial charge in [-0.15, -0.1) is 0 Å². The van der Waals surface area contributed by atoms with Gasteiger partial charge in [0.15, 0.2) is 6.10 Å². The first-order valence-corrected chi connectivity index (χ1v) is 33.7. The zero-order valence-corrected chi connectivity index (χ0v) is 51.7. The number of hydrogen-bond donors (Lipinski definition) is 1. The lowest BCUT2D eigenvalue weighted by Gasteiger charge is -2.25. The van der Waals surface area contributed by atoms with Crippen molar-refractivity contribution in [3.63, 3.8) is 0 Å². The second-order valence-corrected chi connectivity index (χ2v) is 24.5. The number of hydrogen-bond acceptors (Lipinski definition) is 7. The zero-order chi connectivity index (χ0) is 55.5. The van der Waals surface area contributed by atoms with Crippen molar-refractivity contribution in [1.29, 1.82) is 0 Å². The summed E-state index contributed by atoms with van der Waals surface area (Å²) in [5.41, 5.74) is 0. The summed E-state index contributed by atoms with van der Waals surface area (Å²) in [6.45, 7) is 4.96. The lowest BCUT2D eigenvalue weighted by molar-refractivity contribution is -0.870. The van der Waals surface area contributed by atoms with Crippen LogP contribution in [0.5, 0.6) is 0 Å². The van der Waals surface area contributed by atoms with Crippen LogP contribution in [0.15, 0.2) is 0 Å². The molecule has 0 fully saturated rings. The molecule has 0 saturated heterocycles. The molecule has 76 heavy (non-hydrogen) atoms. The molecule has 2 unspecified atom stereocenters. The smallest absolute Gasteiger partial charge is 0.361 e. The average Bonchev–Trinajstić information content (AvgIpc) is 3.39. The molecule has 0 aliphatic carbocycles. The minimum Gasteiger partial charge on any atom is -0.477 e. The maximum Gasteiger partial charge on any atom is 0.361 e. The Hall–Kier alpha value is -1.71. The van der Waals surface area contributed by atoms with Gasteiger partial charge in [-0.25, -0.2) is 4.79 Å². The molecule has 0 aromatic heterocycles. The Kier molecular flexibility index (Phi) is 58.1. The summed E-state index contributed by atoms with van der Waals surface area (Å²) in [5, 5.41) is 9.72. The Morgan fingerprint density at radius 2 is 0.592 bits per heavy atom. The summed E-state index contributed by atoms with van der Waals surface area (Å²) in [5.74, 6) is -1.97. The molecule has 0 bridgehead atoms. The van der Waals surface area contributed by atoms with E-state index in [1.54, 1.807) is 0 Å². The summed E-state index contributed by atoms with van der Waals surface area (Å²) in [4.78, 5) is 37.5. The summed E-state index contributed by atoms with van der Waals surface area (Å²) >= 11 is 0. The highest BCUT2D eigenvalue weighted by atomic mass is 16.7. The van der Waals surface area contributed by atoms with Gasteiger partial charge in [0.05, 0.1) is 34.4 Å². The topological polar surface area (TPSA) is 108 Å². The van der Waals surface area contributed by atoms with Gasteiger partial charge in [0.1, 0.15) is 13.2 Å². The van der Waals surface area contributed by atoms with Gasteiger partial charge in [0, 0.05) is 12.8 Å². The molecule has 9 nitrogen and oxygen atoms in total. The molecule has 0 aromatic carbocycles. The van der Waals surface area contributed by atoms with Crippen LogP contribution in [0.2, 0.25) is 0 Å². The Morgan fingerprint density at radius 3 is 0.842 bits per heavy atom.